The van der Waals surface area contributed by atoms with E-state index in [0.29, 0.717) is 0 Å². The molecule has 0 bridgehead atoms. The minimum absolute atomic E-state index is 0.191. The number of rotatable bonds is 4. The Kier molecular flexibility index (Phi) is 3.62. The molecule has 1 saturated heterocycles. The van der Waals surface area contributed by atoms with Crippen molar-refractivity contribution in [3.05, 3.63) is 71.8 Å². The first-order valence-electron chi connectivity index (χ1n) is 6.83. The fraction of sp³-hybridized carbons (Fsp3) is 0.294. The highest BCUT2D eigenvalue weighted by Crippen LogP contribution is 2.24. The Morgan fingerprint density at radius 2 is 1.47 bits per heavy atom. The van der Waals surface area contributed by atoms with Gasteiger partial charge in [-0.05, 0) is 17.5 Å². The molecule has 1 aliphatic heterocycles. The van der Waals surface area contributed by atoms with Gasteiger partial charge in [-0.2, -0.15) is 0 Å². The molecule has 2 atom stereocenters. The second-order valence-electron chi connectivity index (χ2n) is 5.24. The van der Waals surface area contributed by atoms with E-state index in [0.717, 1.165) is 19.5 Å². The van der Waals surface area contributed by atoms with Crippen LogP contribution in [-0.2, 0) is 13.0 Å². The zero-order valence-electron chi connectivity index (χ0n) is 10.9. The third-order valence-corrected chi connectivity index (χ3v) is 3.85. The number of hydrogen-bond acceptors (Lipinski definition) is 2. The van der Waals surface area contributed by atoms with Crippen molar-refractivity contribution in [2.75, 3.05) is 6.54 Å². The topological polar surface area (TPSA) is 23.5 Å². The highest BCUT2D eigenvalue weighted by Gasteiger charge is 2.36. The van der Waals surface area contributed by atoms with Gasteiger partial charge < -0.3 is 5.11 Å². The lowest BCUT2D eigenvalue weighted by molar-refractivity contribution is -0.0657. The Bertz CT molecular complexity index is 511. The van der Waals surface area contributed by atoms with Crippen LogP contribution in [0.25, 0.3) is 0 Å². The molecule has 2 nitrogen and oxygen atoms in total. The standard InChI is InChI=1S/C17H19NO/c19-17-13-18(12-15-9-5-2-6-10-15)16(17)11-14-7-3-1-4-8-14/h1-10,16-17,19H,11-13H2. The Balaban J connectivity index is 1.64. The molecule has 1 N–H and O–H groups in total. The Morgan fingerprint density at radius 1 is 0.895 bits per heavy atom. The first-order chi connectivity index (χ1) is 9.33. The smallest absolute Gasteiger partial charge is 0.0825 e. The molecule has 0 amide bonds. The second-order valence-corrected chi connectivity index (χ2v) is 5.24. The summed E-state index contributed by atoms with van der Waals surface area (Å²) >= 11 is 0. The Labute approximate surface area is 114 Å². The summed E-state index contributed by atoms with van der Waals surface area (Å²) in [5, 5.41) is 9.98. The number of likely N-dealkylation sites (tertiary alicyclic amines) is 1. The summed E-state index contributed by atoms with van der Waals surface area (Å²) in [5.74, 6) is 0. The van der Waals surface area contributed by atoms with Gasteiger partial charge in [0.05, 0.1) is 6.10 Å². The fourth-order valence-electron chi connectivity index (χ4n) is 2.72. The van der Waals surface area contributed by atoms with Crippen LogP contribution >= 0.6 is 0 Å². The molecule has 2 aromatic carbocycles. The Morgan fingerprint density at radius 3 is 2.05 bits per heavy atom. The summed E-state index contributed by atoms with van der Waals surface area (Å²) in [6, 6.07) is 21.1. The lowest BCUT2D eigenvalue weighted by Crippen LogP contribution is -2.60. The van der Waals surface area contributed by atoms with Crippen LogP contribution in [0, 0.1) is 0 Å². The van der Waals surface area contributed by atoms with E-state index in [2.05, 4.69) is 53.4 Å². The van der Waals surface area contributed by atoms with Gasteiger partial charge in [-0.15, -0.1) is 0 Å². The van der Waals surface area contributed by atoms with Gasteiger partial charge in [-0.25, -0.2) is 0 Å². The summed E-state index contributed by atoms with van der Waals surface area (Å²) < 4.78 is 0. The molecule has 1 heterocycles. The molecule has 1 fully saturated rings. The summed E-state index contributed by atoms with van der Waals surface area (Å²) in [4.78, 5) is 2.35. The van der Waals surface area contributed by atoms with Crippen LogP contribution in [0.2, 0.25) is 0 Å². The van der Waals surface area contributed by atoms with Gasteiger partial charge in [-0.3, -0.25) is 4.90 Å². The van der Waals surface area contributed by atoms with Crippen molar-refractivity contribution in [1.29, 1.82) is 0 Å². The zero-order chi connectivity index (χ0) is 13.1. The van der Waals surface area contributed by atoms with Crippen LogP contribution in [0.1, 0.15) is 11.1 Å². The van der Waals surface area contributed by atoms with Gasteiger partial charge in [0.2, 0.25) is 0 Å². The number of aliphatic hydroxyl groups is 1. The number of aliphatic hydroxyl groups excluding tert-OH is 1. The molecule has 3 rings (SSSR count). The van der Waals surface area contributed by atoms with Crippen molar-refractivity contribution in [2.24, 2.45) is 0 Å². The summed E-state index contributed by atoms with van der Waals surface area (Å²) in [6.45, 7) is 1.71. The molecule has 0 aromatic heterocycles. The number of hydrogen-bond donors (Lipinski definition) is 1. The Hall–Kier alpha value is -1.64. The highest BCUT2D eigenvalue weighted by atomic mass is 16.3. The van der Waals surface area contributed by atoms with Crippen LogP contribution in [0.4, 0.5) is 0 Å². The molecule has 0 aliphatic carbocycles. The van der Waals surface area contributed by atoms with E-state index in [4.69, 9.17) is 0 Å². The molecular weight excluding hydrogens is 234 g/mol. The van der Waals surface area contributed by atoms with E-state index < -0.39 is 0 Å². The molecule has 2 heteroatoms. The van der Waals surface area contributed by atoms with Crippen molar-refractivity contribution in [3.63, 3.8) is 0 Å². The first-order valence-corrected chi connectivity index (χ1v) is 6.83. The predicted molar refractivity (Wildman–Crippen MR) is 76.8 cm³/mol. The van der Waals surface area contributed by atoms with Gasteiger partial charge in [-0.1, -0.05) is 60.7 Å². The maximum Gasteiger partial charge on any atom is 0.0825 e. The van der Waals surface area contributed by atoms with Crippen molar-refractivity contribution >= 4 is 0 Å². The SMILES string of the molecule is OC1CN(Cc2ccccc2)C1Cc1ccccc1. The number of benzene rings is 2. The van der Waals surface area contributed by atoms with Crippen molar-refractivity contribution in [2.45, 2.75) is 25.1 Å². The maximum atomic E-state index is 9.98. The number of nitrogens with zero attached hydrogens (tertiary/aromatic N) is 1. The molecule has 0 saturated carbocycles. The van der Waals surface area contributed by atoms with Gasteiger partial charge in [0.15, 0.2) is 0 Å². The van der Waals surface area contributed by atoms with Crippen LogP contribution in [0.15, 0.2) is 60.7 Å². The van der Waals surface area contributed by atoms with Crippen molar-refractivity contribution in [1.82, 2.24) is 4.90 Å². The predicted octanol–water partition coefficient (Wildman–Crippen LogP) is 2.47. The van der Waals surface area contributed by atoms with Gasteiger partial charge in [0.1, 0.15) is 0 Å². The third kappa shape index (κ3) is 2.86. The second kappa shape index (κ2) is 5.55. The lowest BCUT2D eigenvalue weighted by Gasteiger charge is -2.45. The zero-order valence-corrected chi connectivity index (χ0v) is 10.9. The maximum absolute atomic E-state index is 9.98. The van der Waals surface area contributed by atoms with E-state index in [1.807, 2.05) is 12.1 Å². The monoisotopic (exact) mass is 253 g/mol. The average Bonchev–Trinajstić information content (AvgIpc) is 2.47. The molecule has 2 unspecified atom stereocenters. The first kappa shape index (κ1) is 12.4. The number of β-amino-alcohol motifs (C(OH)–C–C–N with tert-alkyl or cyclic N) is 1. The normalized spacial score (nSPS) is 23.0. The van der Waals surface area contributed by atoms with Crippen LogP contribution in [-0.4, -0.2) is 28.7 Å². The van der Waals surface area contributed by atoms with E-state index in [9.17, 15) is 5.11 Å². The van der Waals surface area contributed by atoms with E-state index in [1.165, 1.54) is 11.1 Å². The minimum Gasteiger partial charge on any atom is -0.390 e. The molecule has 98 valence electrons. The van der Waals surface area contributed by atoms with E-state index in [-0.39, 0.29) is 12.1 Å². The van der Waals surface area contributed by atoms with Crippen LogP contribution in [0.3, 0.4) is 0 Å². The average molecular weight is 253 g/mol. The van der Waals surface area contributed by atoms with Crippen LogP contribution in [0.5, 0.6) is 0 Å². The summed E-state index contributed by atoms with van der Waals surface area (Å²) in [5.41, 5.74) is 2.61. The molecular formula is C17H19NO. The van der Waals surface area contributed by atoms with Gasteiger partial charge in [0.25, 0.3) is 0 Å². The summed E-state index contributed by atoms with van der Waals surface area (Å²) in [6.07, 6.45) is 0.735. The van der Waals surface area contributed by atoms with E-state index in [1.54, 1.807) is 0 Å². The third-order valence-electron chi connectivity index (χ3n) is 3.85. The molecule has 0 spiro atoms. The van der Waals surface area contributed by atoms with Crippen LogP contribution < -0.4 is 0 Å². The van der Waals surface area contributed by atoms with E-state index >= 15 is 0 Å². The quantitative estimate of drug-likeness (QED) is 0.905. The lowest BCUT2D eigenvalue weighted by atomic mass is 9.92. The molecule has 2 aromatic rings. The molecule has 0 radical (unpaired) electrons. The minimum atomic E-state index is -0.191. The molecule has 1 aliphatic rings. The van der Waals surface area contributed by atoms with Crippen molar-refractivity contribution in [3.8, 4) is 0 Å². The van der Waals surface area contributed by atoms with Gasteiger partial charge >= 0.3 is 0 Å². The fourth-order valence-corrected chi connectivity index (χ4v) is 2.72. The van der Waals surface area contributed by atoms with Crippen molar-refractivity contribution < 1.29 is 5.11 Å². The highest BCUT2D eigenvalue weighted by molar-refractivity contribution is 5.19. The molecule has 19 heavy (non-hydrogen) atoms. The van der Waals surface area contributed by atoms with Gasteiger partial charge in [0, 0.05) is 19.1 Å². The largest absolute Gasteiger partial charge is 0.390 e. The summed E-state index contributed by atoms with van der Waals surface area (Å²) in [7, 11) is 0.